The van der Waals surface area contributed by atoms with Crippen LogP contribution in [0.25, 0.3) is 5.76 Å². The van der Waals surface area contributed by atoms with Gasteiger partial charge in [-0.1, -0.05) is 19.9 Å². The first-order valence-electron chi connectivity index (χ1n) is 10.9. The molecule has 2 aromatic rings. The molecule has 1 fully saturated rings. The lowest BCUT2D eigenvalue weighted by Crippen LogP contribution is -2.38. The predicted octanol–water partition coefficient (Wildman–Crippen LogP) is 2.58. The second-order valence-corrected chi connectivity index (χ2v) is 7.92. The average Bonchev–Trinajstić information content (AvgIpc) is 3.26. The topological polar surface area (TPSA) is 116 Å². The molecule has 33 heavy (non-hydrogen) atoms. The fraction of sp³-hybridized carbons (Fsp3) is 0.417. The molecule has 0 aromatic carbocycles. The van der Waals surface area contributed by atoms with Crippen molar-refractivity contribution in [2.45, 2.75) is 33.7 Å². The van der Waals surface area contributed by atoms with Crippen molar-refractivity contribution in [1.29, 1.82) is 0 Å². The van der Waals surface area contributed by atoms with Gasteiger partial charge in [0.2, 0.25) is 0 Å². The van der Waals surface area contributed by atoms with E-state index in [4.69, 9.17) is 4.74 Å². The number of rotatable bonds is 8. The van der Waals surface area contributed by atoms with Gasteiger partial charge in [-0.15, -0.1) is 0 Å². The zero-order valence-corrected chi connectivity index (χ0v) is 19.6. The zero-order valence-electron chi connectivity index (χ0n) is 19.6. The van der Waals surface area contributed by atoms with Crippen LogP contribution in [0.2, 0.25) is 0 Å². The van der Waals surface area contributed by atoms with Gasteiger partial charge in [0.05, 0.1) is 18.7 Å². The zero-order chi connectivity index (χ0) is 24.3. The molecule has 0 radical (unpaired) electrons. The summed E-state index contributed by atoms with van der Waals surface area (Å²) in [6.07, 6.45) is 3.19. The average molecular weight is 455 g/mol. The van der Waals surface area contributed by atoms with Gasteiger partial charge in [-0.25, -0.2) is 4.79 Å². The van der Waals surface area contributed by atoms with E-state index in [2.05, 4.69) is 14.9 Å². The number of aryl methyl sites for hydroxylation is 1. The number of carbonyl (C=O) groups is 3. The summed E-state index contributed by atoms with van der Waals surface area (Å²) in [5.41, 5.74) is 2.03. The number of ketones is 1. The van der Waals surface area contributed by atoms with E-state index in [0.29, 0.717) is 35.5 Å². The van der Waals surface area contributed by atoms with Crippen molar-refractivity contribution in [3.63, 3.8) is 0 Å². The van der Waals surface area contributed by atoms with Crippen molar-refractivity contribution in [3.05, 3.63) is 58.2 Å². The first kappa shape index (κ1) is 24.2. The summed E-state index contributed by atoms with van der Waals surface area (Å²) in [6.45, 7) is 9.95. The molecule has 1 atom stereocenters. The van der Waals surface area contributed by atoms with E-state index < -0.39 is 23.7 Å². The van der Waals surface area contributed by atoms with Crippen molar-refractivity contribution >= 4 is 23.4 Å². The van der Waals surface area contributed by atoms with E-state index in [1.807, 2.05) is 13.8 Å². The lowest BCUT2D eigenvalue weighted by atomic mass is 9.95. The number of nitrogens with one attached hydrogen (secondary N) is 1. The summed E-state index contributed by atoms with van der Waals surface area (Å²) in [5.74, 6) is -2.34. The van der Waals surface area contributed by atoms with Crippen LogP contribution < -0.4 is 0 Å². The lowest BCUT2D eigenvalue weighted by molar-refractivity contribution is -0.140. The Morgan fingerprint density at radius 1 is 1.27 bits per heavy atom. The Bertz CT molecular complexity index is 1090. The van der Waals surface area contributed by atoms with Crippen molar-refractivity contribution in [1.82, 2.24) is 19.8 Å². The molecule has 9 nitrogen and oxygen atoms in total. The molecule has 176 valence electrons. The summed E-state index contributed by atoms with van der Waals surface area (Å²) in [5, 5.41) is 11.3. The molecule has 1 aliphatic rings. The third kappa shape index (κ3) is 4.41. The number of aliphatic hydroxyl groups excluding tert-OH is 1. The molecule has 0 unspecified atom stereocenters. The maximum Gasteiger partial charge on any atom is 0.354 e. The van der Waals surface area contributed by atoms with Gasteiger partial charge < -0.3 is 24.6 Å². The molecular formula is C24H30N4O5. The number of aliphatic hydroxyl groups is 1. The number of Topliss-reactive ketones (excluding diaryl/α,β-unsaturated/α-hetero) is 1. The van der Waals surface area contributed by atoms with Crippen LogP contribution in [0.5, 0.6) is 0 Å². The number of hydrogen-bond acceptors (Lipinski definition) is 7. The van der Waals surface area contributed by atoms with E-state index in [9.17, 15) is 19.5 Å². The molecule has 3 rings (SSSR count). The van der Waals surface area contributed by atoms with E-state index in [0.717, 1.165) is 13.1 Å². The highest BCUT2D eigenvalue weighted by molar-refractivity contribution is 6.46. The van der Waals surface area contributed by atoms with Gasteiger partial charge in [-0.2, -0.15) is 0 Å². The van der Waals surface area contributed by atoms with Crippen LogP contribution >= 0.6 is 0 Å². The van der Waals surface area contributed by atoms with Crippen LogP contribution in [0.4, 0.5) is 0 Å². The maximum atomic E-state index is 13.2. The predicted molar refractivity (Wildman–Crippen MR) is 123 cm³/mol. The highest BCUT2D eigenvalue weighted by Crippen LogP contribution is 2.40. The molecule has 0 aliphatic carbocycles. The van der Waals surface area contributed by atoms with E-state index in [1.54, 1.807) is 38.4 Å². The summed E-state index contributed by atoms with van der Waals surface area (Å²) >= 11 is 0. The second-order valence-electron chi connectivity index (χ2n) is 7.92. The normalized spacial score (nSPS) is 17.8. The molecule has 3 heterocycles. The van der Waals surface area contributed by atoms with Crippen LogP contribution in [-0.2, 0) is 14.3 Å². The third-order valence-electron chi connectivity index (χ3n) is 6.16. The highest BCUT2D eigenvalue weighted by Gasteiger charge is 2.46. The number of likely N-dealkylation sites (N-methyl/N-ethyl adjacent to an activating group) is 1. The molecule has 1 saturated heterocycles. The number of pyridine rings is 1. The number of H-pyrrole nitrogens is 1. The summed E-state index contributed by atoms with van der Waals surface area (Å²) < 4.78 is 4.80. The van der Waals surface area contributed by atoms with Crippen LogP contribution in [-0.4, -0.2) is 75.8 Å². The molecule has 0 spiro atoms. The summed E-state index contributed by atoms with van der Waals surface area (Å²) in [6, 6.07) is 2.71. The fourth-order valence-electron chi connectivity index (χ4n) is 4.33. The number of carbonyl (C=O) groups excluding carboxylic acids is 3. The van der Waals surface area contributed by atoms with Crippen LogP contribution in [0, 0.1) is 13.8 Å². The van der Waals surface area contributed by atoms with Gasteiger partial charge in [0.15, 0.2) is 0 Å². The summed E-state index contributed by atoms with van der Waals surface area (Å²) in [7, 11) is 1.27. The quantitative estimate of drug-likeness (QED) is 0.273. The smallest absolute Gasteiger partial charge is 0.354 e. The molecule has 1 aliphatic heterocycles. The molecule has 1 amide bonds. The van der Waals surface area contributed by atoms with Crippen LogP contribution in [0.15, 0.2) is 30.1 Å². The standard InChI is InChI=1S/C24H30N4O5/c1-6-27(7-2)11-12-28-20(16-9-8-10-25-13-16)18(22(30)23(28)31)21(29)17-14(3)19(24(32)33-5)26-15(17)4/h8-10,13,20,26,29H,6-7,11-12H2,1-5H3/b21-18-/t20-/m1/s1. The first-order chi connectivity index (χ1) is 15.8. The van der Waals surface area contributed by atoms with Crippen LogP contribution in [0.1, 0.15) is 52.8 Å². The monoisotopic (exact) mass is 454 g/mol. The number of aromatic amines is 1. The van der Waals surface area contributed by atoms with Crippen molar-refractivity contribution < 1.29 is 24.2 Å². The van der Waals surface area contributed by atoms with E-state index in [-0.39, 0.29) is 17.0 Å². The second kappa shape index (κ2) is 9.99. The minimum atomic E-state index is -0.787. The maximum absolute atomic E-state index is 13.2. The minimum Gasteiger partial charge on any atom is -0.507 e. The van der Waals surface area contributed by atoms with Crippen LogP contribution in [0.3, 0.4) is 0 Å². The van der Waals surface area contributed by atoms with Gasteiger partial charge in [-0.3, -0.25) is 14.6 Å². The Kier molecular flexibility index (Phi) is 7.33. The Hall–Kier alpha value is -3.46. The van der Waals surface area contributed by atoms with E-state index in [1.165, 1.54) is 12.0 Å². The number of amides is 1. The van der Waals surface area contributed by atoms with Crippen molar-refractivity contribution in [2.75, 3.05) is 33.3 Å². The van der Waals surface area contributed by atoms with Gasteiger partial charge in [0.1, 0.15) is 11.5 Å². The van der Waals surface area contributed by atoms with Crippen molar-refractivity contribution in [3.8, 4) is 0 Å². The van der Waals surface area contributed by atoms with Gasteiger partial charge in [0.25, 0.3) is 11.7 Å². The summed E-state index contributed by atoms with van der Waals surface area (Å²) in [4.78, 5) is 49.1. The number of esters is 1. The molecule has 2 aromatic heterocycles. The fourth-order valence-corrected chi connectivity index (χ4v) is 4.33. The first-order valence-corrected chi connectivity index (χ1v) is 10.9. The molecule has 9 heteroatoms. The SMILES string of the molecule is CCN(CC)CCN1C(=O)C(=O)/C(=C(\O)c2c(C)[nH]c(C(=O)OC)c2C)[C@H]1c1cccnc1. The van der Waals surface area contributed by atoms with E-state index >= 15 is 0 Å². The Morgan fingerprint density at radius 3 is 2.55 bits per heavy atom. The third-order valence-corrected chi connectivity index (χ3v) is 6.16. The number of ether oxygens (including phenoxy) is 1. The number of likely N-dealkylation sites (tertiary alicyclic amines) is 1. The van der Waals surface area contributed by atoms with Crippen molar-refractivity contribution in [2.24, 2.45) is 0 Å². The number of aromatic nitrogens is 2. The lowest BCUT2D eigenvalue weighted by Gasteiger charge is -2.28. The number of methoxy groups -OCH3 is 1. The Balaban J connectivity index is 2.16. The van der Waals surface area contributed by atoms with Gasteiger partial charge >= 0.3 is 5.97 Å². The Morgan fingerprint density at radius 2 is 1.97 bits per heavy atom. The molecule has 2 N–H and O–H groups in total. The molecular weight excluding hydrogens is 424 g/mol. The number of hydrogen-bond donors (Lipinski definition) is 2. The largest absolute Gasteiger partial charge is 0.507 e. The minimum absolute atomic E-state index is 0.0193. The molecule has 0 saturated carbocycles. The van der Waals surface area contributed by atoms with Gasteiger partial charge in [0, 0.05) is 36.7 Å². The number of nitrogens with zero attached hydrogens (tertiary/aromatic N) is 3. The van der Waals surface area contributed by atoms with Gasteiger partial charge in [-0.05, 0) is 44.1 Å². The highest BCUT2D eigenvalue weighted by atomic mass is 16.5. The molecule has 0 bridgehead atoms. The Labute approximate surface area is 193 Å².